The summed E-state index contributed by atoms with van der Waals surface area (Å²) in [7, 11) is 1.59. The van der Waals surface area contributed by atoms with Crippen molar-refractivity contribution in [2.24, 2.45) is 17.8 Å². The predicted octanol–water partition coefficient (Wildman–Crippen LogP) is 4.21. The van der Waals surface area contributed by atoms with Crippen LogP contribution in [0.4, 0.5) is 0 Å². The Balaban J connectivity index is 1.62. The number of amides is 1. The largest absolute Gasteiger partial charge is 0.354 e. The van der Waals surface area contributed by atoms with Crippen LogP contribution < -0.4 is 5.32 Å². The second-order valence-electron chi connectivity index (χ2n) is 7.93. The molecule has 0 saturated heterocycles. The minimum atomic E-state index is -0.255. The van der Waals surface area contributed by atoms with Crippen molar-refractivity contribution < 1.29 is 9.59 Å². The molecular formula is C23H26N2O2. The normalized spacial score (nSPS) is 24.1. The van der Waals surface area contributed by atoms with Gasteiger partial charge in [-0.25, -0.2) is 4.98 Å². The van der Waals surface area contributed by atoms with Gasteiger partial charge in [-0.1, -0.05) is 43.7 Å². The second kappa shape index (κ2) is 7.26. The zero-order valence-corrected chi connectivity index (χ0v) is 15.9. The van der Waals surface area contributed by atoms with Crippen LogP contribution in [-0.2, 0) is 0 Å². The lowest BCUT2D eigenvalue weighted by atomic mass is 9.94. The van der Waals surface area contributed by atoms with E-state index in [4.69, 9.17) is 0 Å². The molecule has 2 aliphatic rings. The molecule has 4 nitrogen and oxygen atoms in total. The first-order valence-electron chi connectivity index (χ1n) is 9.90. The number of hydrogen-bond acceptors (Lipinski definition) is 3. The Kier molecular flexibility index (Phi) is 4.81. The molecule has 4 atom stereocenters. The fourth-order valence-corrected chi connectivity index (χ4v) is 4.70. The lowest BCUT2D eigenvalue weighted by Crippen LogP contribution is -2.21. The maximum absolute atomic E-state index is 12.9. The monoisotopic (exact) mass is 362 g/mol. The van der Waals surface area contributed by atoms with Crippen LogP contribution in [0.15, 0.2) is 42.5 Å². The van der Waals surface area contributed by atoms with Crippen LogP contribution in [0.25, 0.3) is 0 Å². The van der Waals surface area contributed by atoms with E-state index >= 15 is 0 Å². The molecule has 2 saturated carbocycles. The summed E-state index contributed by atoms with van der Waals surface area (Å²) in [5.74, 6) is 1.98. The smallest absolute Gasteiger partial charge is 0.269 e. The number of fused-ring (bicyclic) bond motifs is 1. The fourth-order valence-electron chi connectivity index (χ4n) is 4.70. The molecule has 4 heteroatoms. The van der Waals surface area contributed by atoms with E-state index in [9.17, 15) is 9.59 Å². The van der Waals surface area contributed by atoms with E-state index < -0.39 is 0 Å². The van der Waals surface area contributed by atoms with E-state index in [2.05, 4.69) is 17.2 Å². The van der Waals surface area contributed by atoms with Crippen LogP contribution >= 0.6 is 0 Å². The molecular weight excluding hydrogens is 336 g/mol. The third-order valence-corrected chi connectivity index (χ3v) is 6.38. The number of aromatic nitrogens is 1. The molecule has 2 aromatic rings. The number of carbonyl (C=O) groups is 2. The van der Waals surface area contributed by atoms with Crippen molar-refractivity contribution in [3.05, 3.63) is 65.0 Å². The van der Waals surface area contributed by atoms with Gasteiger partial charge in [0.15, 0.2) is 5.78 Å². The highest BCUT2D eigenvalue weighted by atomic mass is 16.1. The zero-order chi connectivity index (χ0) is 19.0. The molecule has 2 fully saturated rings. The van der Waals surface area contributed by atoms with E-state index in [0.29, 0.717) is 23.6 Å². The maximum Gasteiger partial charge on any atom is 0.269 e. The molecule has 2 aliphatic carbocycles. The summed E-state index contributed by atoms with van der Waals surface area (Å²) in [6.07, 6.45) is 4.47. The van der Waals surface area contributed by atoms with Gasteiger partial charge in [0.25, 0.3) is 5.91 Å². The van der Waals surface area contributed by atoms with Gasteiger partial charge in [0.05, 0.1) is 0 Å². The topological polar surface area (TPSA) is 59.1 Å². The first kappa shape index (κ1) is 17.9. The molecule has 0 aliphatic heterocycles. The van der Waals surface area contributed by atoms with Crippen LogP contribution in [0.1, 0.15) is 70.6 Å². The second-order valence-corrected chi connectivity index (χ2v) is 7.93. The molecule has 1 N–H and O–H groups in total. The molecule has 27 heavy (non-hydrogen) atoms. The zero-order valence-electron chi connectivity index (χ0n) is 15.9. The van der Waals surface area contributed by atoms with Gasteiger partial charge in [0, 0.05) is 30.6 Å². The van der Waals surface area contributed by atoms with Crippen LogP contribution in [0.2, 0.25) is 0 Å². The summed E-state index contributed by atoms with van der Waals surface area (Å²) < 4.78 is 0. The quantitative estimate of drug-likeness (QED) is 0.783. The Bertz CT molecular complexity index is 852. The summed E-state index contributed by atoms with van der Waals surface area (Å²) >= 11 is 0. The van der Waals surface area contributed by atoms with Crippen molar-refractivity contribution in [2.75, 3.05) is 7.05 Å². The van der Waals surface area contributed by atoms with Gasteiger partial charge in [-0.05, 0) is 48.3 Å². The van der Waals surface area contributed by atoms with E-state index in [1.54, 1.807) is 13.1 Å². The van der Waals surface area contributed by atoms with Crippen molar-refractivity contribution in [3.8, 4) is 0 Å². The van der Waals surface area contributed by atoms with E-state index in [0.717, 1.165) is 23.1 Å². The summed E-state index contributed by atoms with van der Waals surface area (Å²) in [5.41, 5.74) is 2.82. The van der Waals surface area contributed by atoms with E-state index in [1.165, 1.54) is 19.3 Å². The number of pyridine rings is 1. The predicted molar refractivity (Wildman–Crippen MR) is 105 cm³/mol. The summed E-state index contributed by atoms with van der Waals surface area (Å²) in [4.78, 5) is 29.7. The Labute approximate surface area is 160 Å². The lowest BCUT2D eigenvalue weighted by Gasteiger charge is -2.14. The maximum atomic E-state index is 12.9. The first-order chi connectivity index (χ1) is 13.1. The van der Waals surface area contributed by atoms with Gasteiger partial charge in [-0.3, -0.25) is 9.59 Å². The Morgan fingerprint density at radius 2 is 1.85 bits per heavy atom. The summed E-state index contributed by atoms with van der Waals surface area (Å²) in [6.45, 7) is 2.06. The molecule has 1 amide bonds. The molecule has 1 aromatic carbocycles. The van der Waals surface area contributed by atoms with Crippen LogP contribution in [0.5, 0.6) is 0 Å². The van der Waals surface area contributed by atoms with Gasteiger partial charge in [-0.15, -0.1) is 0 Å². The van der Waals surface area contributed by atoms with E-state index in [1.807, 2.05) is 36.4 Å². The van der Waals surface area contributed by atoms with Crippen LogP contribution in [0, 0.1) is 17.8 Å². The molecule has 1 heterocycles. The van der Waals surface area contributed by atoms with Gasteiger partial charge in [0.1, 0.15) is 5.69 Å². The first-order valence-corrected chi connectivity index (χ1v) is 9.90. The van der Waals surface area contributed by atoms with Crippen LogP contribution in [-0.4, -0.2) is 23.7 Å². The number of ketones is 1. The third kappa shape index (κ3) is 3.53. The minimum absolute atomic E-state index is 0.0164. The molecule has 0 bridgehead atoms. The Morgan fingerprint density at radius 3 is 2.52 bits per heavy atom. The highest BCUT2D eigenvalue weighted by molar-refractivity contribution is 6.00. The van der Waals surface area contributed by atoms with Gasteiger partial charge < -0.3 is 5.32 Å². The summed E-state index contributed by atoms with van der Waals surface area (Å²) in [6, 6.07) is 13.6. The number of Topliss-reactive ketones (excluding diaryl/α,β-unsaturated/α-hetero) is 1. The van der Waals surface area contributed by atoms with Crippen LogP contribution in [0.3, 0.4) is 0 Å². The molecule has 140 valence electrons. The number of carbonyl (C=O) groups excluding carboxylic acids is 2. The minimum Gasteiger partial charge on any atom is -0.354 e. The highest BCUT2D eigenvalue weighted by Gasteiger charge is 2.52. The van der Waals surface area contributed by atoms with Gasteiger partial charge in [0.2, 0.25) is 0 Å². The lowest BCUT2D eigenvalue weighted by molar-refractivity contribution is 0.0958. The number of rotatable bonds is 6. The molecule has 4 rings (SSSR count). The number of nitrogens with zero attached hydrogens (tertiary/aromatic N) is 1. The van der Waals surface area contributed by atoms with Crippen molar-refractivity contribution in [3.63, 3.8) is 0 Å². The Morgan fingerprint density at radius 1 is 1.15 bits per heavy atom. The van der Waals surface area contributed by atoms with Gasteiger partial charge >= 0.3 is 0 Å². The van der Waals surface area contributed by atoms with Crippen molar-refractivity contribution >= 4 is 11.7 Å². The standard InChI is InChI=1S/C23H26N2O2/c1-14(15-7-4-3-5-8-15)20-11-16(12-21(25-20)23(27)24-2)22(26)13-19-17-9-6-10-18(17)19/h3-5,7-8,11-12,14,17-19H,6,9-10,13H2,1-2H3,(H,24,27)/t14-,17-,18+,19?/m0/s1. The molecule has 1 aromatic heterocycles. The van der Waals surface area contributed by atoms with Crippen molar-refractivity contribution in [1.29, 1.82) is 0 Å². The Hall–Kier alpha value is -2.49. The van der Waals surface area contributed by atoms with E-state index in [-0.39, 0.29) is 17.6 Å². The molecule has 1 unspecified atom stereocenters. The highest BCUT2D eigenvalue weighted by Crippen LogP contribution is 2.59. The summed E-state index contributed by atoms with van der Waals surface area (Å²) in [5, 5.41) is 2.63. The number of benzene rings is 1. The van der Waals surface area contributed by atoms with Crippen molar-refractivity contribution in [1.82, 2.24) is 10.3 Å². The van der Waals surface area contributed by atoms with Crippen molar-refractivity contribution in [2.45, 2.75) is 38.5 Å². The molecule has 0 radical (unpaired) electrons. The average Bonchev–Trinajstić information content (AvgIpc) is 3.13. The third-order valence-electron chi connectivity index (χ3n) is 6.38. The number of hydrogen-bond donors (Lipinski definition) is 1. The fraction of sp³-hybridized carbons (Fsp3) is 0.435. The van der Waals surface area contributed by atoms with Gasteiger partial charge in [-0.2, -0.15) is 0 Å². The average molecular weight is 362 g/mol. The SMILES string of the molecule is CNC(=O)c1cc(C(=O)CC2[C@H]3CCC[C@@H]23)cc([C@@H](C)c2ccccc2)n1. The molecule has 0 spiro atoms. The number of nitrogens with one attached hydrogen (secondary N) is 1.